The molecule has 0 bridgehead atoms. The Balaban J connectivity index is 1.13. The van der Waals surface area contributed by atoms with Gasteiger partial charge in [0.2, 0.25) is 0 Å². The predicted octanol–water partition coefficient (Wildman–Crippen LogP) is 7.69. The second-order valence-electron chi connectivity index (χ2n) is 12.8. The average Bonchev–Trinajstić information content (AvgIpc) is 3.78. The smallest absolute Gasteiger partial charge is 0.410 e. The molecule has 1 aliphatic carbocycles. The molecule has 1 amide bonds. The molecule has 3 N–H and O–H groups in total. The third-order valence-corrected chi connectivity index (χ3v) is 8.69. The van der Waals surface area contributed by atoms with E-state index in [9.17, 15) is 4.79 Å². The second kappa shape index (κ2) is 10.2. The maximum atomic E-state index is 12.9. The summed E-state index contributed by atoms with van der Waals surface area (Å²) < 4.78 is 7.29. The van der Waals surface area contributed by atoms with Crippen LogP contribution in [0.1, 0.15) is 82.9 Å². The first-order valence-electron chi connectivity index (χ1n) is 15.1. The van der Waals surface area contributed by atoms with Gasteiger partial charge in [0.25, 0.3) is 0 Å². The number of nitrogens with zero attached hydrogens (tertiary/aromatic N) is 4. The van der Waals surface area contributed by atoms with Crippen LogP contribution in [0.25, 0.3) is 44.3 Å². The number of nitrogens with one attached hydrogen (secondary N) is 1. The van der Waals surface area contributed by atoms with Crippen molar-refractivity contribution in [2.24, 2.45) is 0 Å². The molecule has 8 heteroatoms. The van der Waals surface area contributed by atoms with Gasteiger partial charge in [-0.05, 0) is 93.0 Å². The summed E-state index contributed by atoms with van der Waals surface area (Å²) in [6.45, 7) is 6.28. The molecule has 0 spiro atoms. The number of rotatable bonds is 4. The molecule has 42 heavy (non-hydrogen) atoms. The van der Waals surface area contributed by atoms with Crippen molar-refractivity contribution in [3.8, 4) is 22.3 Å². The SMILES string of the molecule is CC(C)(C)OC(=O)N1CCC[C@H]1c1nc2ccc(-c3ccc(-c4ccc5nc(C6CCCC6)[nH]c5c4)cc3)cc2n1N. The highest BCUT2D eigenvalue weighted by Gasteiger charge is 2.36. The van der Waals surface area contributed by atoms with Gasteiger partial charge in [0.15, 0.2) is 5.82 Å². The lowest BCUT2D eigenvalue weighted by atomic mass is 10.00. The van der Waals surface area contributed by atoms with Crippen LogP contribution in [0.4, 0.5) is 4.79 Å². The quantitative estimate of drug-likeness (QED) is 0.219. The summed E-state index contributed by atoms with van der Waals surface area (Å²) in [6.07, 6.45) is 6.44. The van der Waals surface area contributed by atoms with E-state index >= 15 is 0 Å². The van der Waals surface area contributed by atoms with Gasteiger partial charge in [0.1, 0.15) is 11.4 Å². The fourth-order valence-electron chi connectivity index (χ4n) is 6.56. The Kier molecular flexibility index (Phi) is 6.44. The highest BCUT2D eigenvalue weighted by atomic mass is 16.6. The number of aromatic nitrogens is 4. The first-order valence-corrected chi connectivity index (χ1v) is 15.1. The summed E-state index contributed by atoms with van der Waals surface area (Å²) in [5, 5.41) is 0. The number of ether oxygens (including phenoxy) is 1. The minimum Gasteiger partial charge on any atom is -0.444 e. The molecule has 1 saturated heterocycles. The van der Waals surface area contributed by atoms with Crippen molar-refractivity contribution >= 4 is 28.2 Å². The Morgan fingerprint density at radius 3 is 2.19 bits per heavy atom. The highest BCUT2D eigenvalue weighted by Crippen LogP contribution is 2.36. The molecule has 1 atom stereocenters. The van der Waals surface area contributed by atoms with Gasteiger partial charge < -0.3 is 15.6 Å². The number of hydrogen-bond acceptors (Lipinski definition) is 5. The zero-order valence-corrected chi connectivity index (χ0v) is 24.6. The number of nitrogens with two attached hydrogens (primary N) is 1. The monoisotopic (exact) mass is 562 g/mol. The lowest BCUT2D eigenvalue weighted by Crippen LogP contribution is -2.37. The van der Waals surface area contributed by atoms with Gasteiger partial charge in [-0.1, -0.05) is 49.2 Å². The Bertz CT molecular complexity index is 1770. The van der Waals surface area contributed by atoms with E-state index in [-0.39, 0.29) is 12.1 Å². The lowest BCUT2D eigenvalue weighted by molar-refractivity contribution is 0.0217. The average molecular weight is 563 g/mol. The van der Waals surface area contributed by atoms with Crippen LogP contribution in [-0.2, 0) is 4.74 Å². The van der Waals surface area contributed by atoms with E-state index in [4.69, 9.17) is 20.5 Å². The number of nitrogen functional groups attached to an aromatic ring is 1. The van der Waals surface area contributed by atoms with E-state index in [2.05, 4.69) is 59.6 Å². The zero-order valence-electron chi connectivity index (χ0n) is 24.6. The van der Waals surface area contributed by atoms with Crippen molar-refractivity contribution in [1.29, 1.82) is 0 Å². The molecule has 2 fully saturated rings. The fraction of sp³-hybridized carbons (Fsp3) is 0.382. The molecule has 3 heterocycles. The van der Waals surface area contributed by atoms with Crippen LogP contribution in [0.2, 0.25) is 0 Å². The first-order chi connectivity index (χ1) is 20.2. The number of aromatic amines is 1. The molecular weight excluding hydrogens is 524 g/mol. The molecule has 1 saturated carbocycles. The number of hydrogen-bond donors (Lipinski definition) is 2. The largest absolute Gasteiger partial charge is 0.444 e. The van der Waals surface area contributed by atoms with E-state index in [1.165, 1.54) is 31.2 Å². The highest BCUT2D eigenvalue weighted by molar-refractivity contribution is 5.85. The number of fused-ring (bicyclic) bond motifs is 2. The van der Waals surface area contributed by atoms with E-state index in [1.54, 1.807) is 9.58 Å². The minimum absolute atomic E-state index is 0.207. The van der Waals surface area contributed by atoms with Gasteiger partial charge in [-0.2, -0.15) is 0 Å². The van der Waals surface area contributed by atoms with Gasteiger partial charge in [0, 0.05) is 12.5 Å². The molecule has 0 radical (unpaired) electrons. The number of carbonyl (C=O) groups is 1. The van der Waals surface area contributed by atoms with Gasteiger partial charge in [-0.15, -0.1) is 0 Å². The summed E-state index contributed by atoms with van der Waals surface area (Å²) >= 11 is 0. The van der Waals surface area contributed by atoms with Gasteiger partial charge in [-0.3, -0.25) is 4.90 Å². The molecule has 2 aromatic heterocycles. The predicted molar refractivity (Wildman–Crippen MR) is 167 cm³/mol. The van der Waals surface area contributed by atoms with Crippen molar-refractivity contribution < 1.29 is 9.53 Å². The molecule has 216 valence electrons. The number of benzene rings is 3. The van der Waals surface area contributed by atoms with Crippen LogP contribution in [0.15, 0.2) is 60.7 Å². The zero-order chi connectivity index (χ0) is 29.0. The van der Waals surface area contributed by atoms with Crippen molar-refractivity contribution in [1.82, 2.24) is 24.5 Å². The lowest BCUT2D eigenvalue weighted by Gasteiger charge is -2.28. The molecule has 2 aliphatic rings. The fourth-order valence-corrected chi connectivity index (χ4v) is 6.56. The van der Waals surface area contributed by atoms with E-state index < -0.39 is 5.60 Å². The Hall–Kier alpha value is -4.33. The van der Waals surface area contributed by atoms with Crippen LogP contribution in [0, 0.1) is 0 Å². The number of H-pyrrole nitrogens is 1. The van der Waals surface area contributed by atoms with Crippen LogP contribution in [0.5, 0.6) is 0 Å². The number of likely N-dealkylation sites (tertiary alicyclic amines) is 1. The molecular formula is C34H38N6O2. The van der Waals surface area contributed by atoms with Crippen LogP contribution < -0.4 is 5.84 Å². The summed E-state index contributed by atoms with van der Waals surface area (Å²) in [4.78, 5) is 27.9. The number of carbonyl (C=O) groups excluding carboxylic acids is 1. The van der Waals surface area contributed by atoms with Gasteiger partial charge >= 0.3 is 6.09 Å². The Labute approximate surface area is 245 Å². The second-order valence-corrected chi connectivity index (χ2v) is 12.8. The summed E-state index contributed by atoms with van der Waals surface area (Å²) in [7, 11) is 0. The molecule has 0 unspecified atom stereocenters. The molecule has 1 aliphatic heterocycles. The van der Waals surface area contributed by atoms with E-state index in [0.717, 1.165) is 57.4 Å². The van der Waals surface area contributed by atoms with Crippen molar-refractivity contribution in [2.45, 2.75) is 76.9 Å². The summed E-state index contributed by atoms with van der Waals surface area (Å²) in [6, 6.07) is 21.1. The number of amides is 1. The van der Waals surface area contributed by atoms with Gasteiger partial charge in [-0.25, -0.2) is 19.4 Å². The van der Waals surface area contributed by atoms with Crippen molar-refractivity contribution in [3.63, 3.8) is 0 Å². The van der Waals surface area contributed by atoms with E-state index in [0.29, 0.717) is 18.3 Å². The van der Waals surface area contributed by atoms with Gasteiger partial charge in [0.05, 0.1) is 28.1 Å². The Morgan fingerprint density at radius 2 is 1.50 bits per heavy atom. The van der Waals surface area contributed by atoms with E-state index in [1.807, 2.05) is 26.8 Å². The molecule has 5 aromatic rings. The minimum atomic E-state index is -0.554. The maximum absolute atomic E-state index is 12.9. The van der Waals surface area contributed by atoms with Crippen molar-refractivity contribution in [2.75, 3.05) is 12.4 Å². The summed E-state index contributed by atoms with van der Waals surface area (Å²) in [5.74, 6) is 9.00. The summed E-state index contributed by atoms with van der Waals surface area (Å²) in [5.41, 5.74) is 7.73. The standard InChI is InChI=1S/C34H38N6O2/c1-34(2,3)42-33(41)39-18-6-9-29(39)32-38-27-17-15-25(20-30(27)40(32)35)22-12-10-21(11-13-22)24-14-16-26-28(19-24)37-31(36-26)23-7-4-5-8-23/h10-17,19-20,23,29H,4-9,18,35H2,1-3H3,(H,36,37)/t29-/m0/s1. The molecule has 3 aromatic carbocycles. The third kappa shape index (κ3) is 4.89. The maximum Gasteiger partial charge on any atom is 0.410 e. The third-order valence-electron chi connectivity index (χ3n) is 8.69. The van der Waals surface area contributed by atoms with Crippen molar-refractivity contribution in [3.05, 3.63) is 72.3 Å². The Morgan fingerprint density at radius 1 is 0.857 bits per heavy atom. The first kappa shape index (κ1) is 26.6. The molecule has 8 nitrogen and oxygen atoms in total. The molecule has 7 rings (SSSR count). The van der Waals surface area contributed by atoms with Crippen LogP contribution in [-0.4, -0.2) is 42.8 Å². The van der Waals surface area contributed by atoms with Crippen LogP contribution >= 0.6 is 0 Å². The number of imidazole rings is 2. The van der Waals surface area contributed by atoms with Crippen LogP contribution in [0.3, 0.4) is 0 Å². The normalized spacial score (nSPS) is 18.0. The topological polar surface area (TPSA) is 102 Å².